The van der Waals surface area contributed by atoms with Crippen LogP contribution in [0.25, 0.3) is 0 Å². The number of hydrogen-bond acceptors (Lipinski definition) is 6. The Morgan fingerprint density at radius 2 is 1.24 bits per heavy atom. The fourth-order valence-corrected chi connectivity index (χ4v) is 4.53. The summed E-state index contributed by atoms with van der Waals surface area (Å²) < 4.78 is 34.4. The van der Waals surface area contributed by atoms with Crippen molar-refractivity contribution in [3.8, 4) is 0 Å². The van der Waals surface area contributed by atoms with Crippen LogP contribution in [0.4, 0.5) is 0 Å². The van der Waals surface area contributed by atoms with Gasteiger partial charge in [-0.3, -0.25) is 13.8 Å². The Kier molecular flexibility index (Phi) is 23.1. The third-order valence-corrected chi connectivity index (χ3v) is 7.15. The second-order valence-corrected chi connectivity index (χ2v) is 12.6. The van der Waals surface area contributed by atoms with Crippen LogP contribution >= 0.6 is 7.82 Å². The third kappa shape index (κ3) is 26.9. The van der Waals surface area contributed by atoms with E-state index in [2.05, 4.69) is 13.8 Å². The Hall–Kier alpha value is -0.500. The maximum absolute atomic E-state index is 12.4. The lowest BCUT2D eigenvalue weighted by molar-refractivity contribution is -0.870. The highest BCUT2D eigenvalue weighted by Gasteiger charge is 2.26. The van der Waals surface area contributed by atoms with E-state index < -0.39 is 13.9 Å². The Bertz CT molecular complexity index is 583. The second kappa shape index (κ2) is 23.4. The van der Waals surface area contributed by atoms with Crippen LogP contribution in [0.1, 0.15) is 117 Å². The summed E-state index contributed by atoms with van der Waals surface area (Å²) in [6.07, 6.45) is 17.2. The Morgan fingerprint density at radius 3 is 1.78 bits per heavy atom. The van der Waals surface area contributed by atoms with Gasteiger partial charge in [-0.2, -0.15) is 0 Å². The van der Waals surface area contributed by atoms with Crippen molar-refractivity contribution in [1.82, 2.24) is 0 Å². The van der Waals surface area contributed by atoms with Crippen molar-refractivity contribution < 1.29 is 37.3 Å². The highest BCUT2D eigenvalue weighted by molar-refractivity contribution is 7.47. The number of esters is 1. The van der Waals surface area contributed by atoms with Gasteiger partial charge < -0.3 is 18.9 Å². The van der Waals surface area contributed by atoms with E-state index in [1.165, 1.54) is 64.2 Å². The van der Waals surface area contributed by atoms with Gasteiger partial charge in [0.15, 0.2) is 0 Å². The van der Waals surface area contributed by atoms with Crippen molar-refractivity contribution in [2.45, 2.75) is 123 Å². The minimum absolute atomic E-state index is 0.0921. The molecule has 222 valence electrons. The van der Waals surface area contributed by atoms with Crippen molar-refractivity contribution in [3.05, 3.63) is 0 Å². The molecule has 0 aliphatic heterocycles. The Balaban J connectivity index is 4.38. The van der Waals surface area contributed by atoms with E-state index in [0.717, 1.165) is 32.1 Å². The van der Waals surface area contributed by atoms with Gasteiger partial charge in [-0.25, -0.2) is 4.57 Å². The fraction of sp³-hybridized carbons (Fsp3) is 0.964. The molecule has 0 aliphatic rings. The van der Waals surface area contributed by atoms with Gasteiger partial charge in [0.25, 0.3) is 0 Å². The highest BCUT2D eigenvalue weighted by atomic mass is 31.2. The standard InChI is InChI=1S/C28H58NO7P/c1-6-8-10-12-14-15-16-18-20-23-33-25-27(36-28(30)21-19-17-13-11-9-7-2)26-35-37(31,32)34-24-22-29(3,4)5/h27H,6-26H2,1-5H3/p+1. The van der Waals surface area contributed by atoms with Crippen molar-refractivity contribution in [2.75, 3.05) is 54.1 Å². The molecule has 0 bridgehead atoms. The first kappa shape index (κ1) is 36.5. The first-order valence-corrected chi connectivity index (χ1v) is 16.3. The monoisotopic (exact) mass is 552 g/mol. The largest absolute Gasteiger partial charge is 0.472 e. The predicted molar refractivity (Wildman–Crippen MR) is 151 cm³/mol. The molecule has 37 heavy (non-hydrogen) atoms. The summed E-state index contributed by atoms with van der Waals surface area (Å²) in [5.74, 6) is -0.325. The van der Waals surface area contributed by atoms with Gasteiger partial charge in [-0.15, -0.1) is 0 Å². The van der Waals surface area contributed by atoms with E-state index in [9.17, 15) is 14.3 Å². The Morgan fingerprint density at radius 1 is 0.730 bits per heavy atom. The molecule has 8 nitrogen and oxygen atoms in total. The van der Waals surface area contributed by atoms with Gasteiger partial charge in [-0.1, -0.05) is 97.3 Å². The molecule has 0 aromatic rings. The summed E-state index contributed by atoms with van der Waals surface area (Å²) in [6, 6.07) is 0. The van der Waals surface area contributed by atoms with Crippen molar-refractivity contribution in [2.24, 2.45) is 0 Å². The topological polar surface area (TPSA) is 91.3 Å². The summed E-state index contributed by atoms with van der Waals surface area (Å²) in [7, 11) is 1.67. The molecule has 0 aromatic carbocycles. The van der Waals surface area contributed by atoms with Crippen molar-refractivity contribution >= 4 is 13.8 Å². The summed E-state index contributed by atoms with van der Waals surface area (Å²) in [5, 5.41) is 0. The van der Waals surface area contributed by atoms with Crippen molar-refractivity contribution in [3.63, 3.8) is 0 Å². The molecule has 1 N–H and O–H groups in total. The molecular formula is C28H59NO7P+. The van der Waals surface area contributed by atoms with Gasteiger partial charge >= 0.3 is 13.8 Å². The van der Waals surface area contributed by atoms with Crippen LogP contribution in [0.5, 0.6) is 0 Å². The van der Waals surface area contributed by atoms with Crippen molar-refractivity contribution in [1.29, 1.82) is 0 Å². The normalized spacial score (nSPS) is 14.4. The number of phosphoric ester groups is 1. The molecule has 0 saturated heterocycles. The summed E-state index contributed by atoms with van der Waals surface area (Å²) in [5.41, 5.74) is 0. The average molecular weight is 553 g/mol. The maximum Gasteiger partial charge on any atom is 0.472 e. The SMILES string of the molecule is CCCCCCCCCCCOCC(COP(=O)(O)OCC[N+](C)(C)C)OC(=O)CCCCCCCC. The molecule has 2 unspecified atom stereocenters. The number of hydrogen-bond donors (Lipinski definition) is 1. The first-order chi connectivity index (χ1) is 17.6. The van der Waals surface area contributed by atoms with E-state index in [-0.39, 0.29) is 25.8 Å². The summed E-state index contributed by atoms with van der Waals surface area (Å²) >= 11 is 0. The van der Waals surface area contributed by atoms with Crippen LogP contribution in [0, 0.1) is 0 Å². The van der Waals surface area contributed by atoms with Gasteiger partial charge in [0.05, 0.1) is 34.4 Å². The molecule has 0 saturated carbocycles. The molecule has 9 heteroatoms. The van der Waals surface area contributed by atoms with Crippen LogP contribution in [0.15, 0.2) is 0 Å². The van der Waals surface area contributed by atoms with E-state index >= 15 is 0 Å². The second-order valence-electron chi connectivity index (χ2n) is 11.1. The molecule has 0 fully saturated rings. The lowest BCUT2D eigenvalue weighted by Gasteiger charge is -2.24. The average Bonchev–Trinajstić information content (AvgIpc) is 2.82. The van der Waals surface area contributed by atoms with E-state index in [1.807, 2.05) is 21.1 Å². The molecule has 0 aromatic heterocycles. The fourth-order valence-electron chi connectivity index (χ4n) is 3.78. The zero-order valence-electron chi connectivity index (χ0n) is 24.7. The minimum Gasteiger partial charge on any atom is -0.457 e. The smallest absolute Gasteiger partial charge is 0.457 e. The zero-order valence-corrected chi connectivity index (χ0v) is 25.6. The predicted octanol–water partition coefficient (Wildman–Crippen LogP) is 7.04. The van der Waals surface area contributed by atoms with Crippen LogP contribution < -0.4 is 0 Å². The molecular weight excluding hydrogens is 493 g/mol. The number of carbonyl (C=O) groups is 1. The van der Waals surface area contributed by atoms with Crippen LogP contribution in [-0.2, 0) is 27.9 Å². The quantitative estimate of drug-likeness (QED) is 0.0506. The van der Waals surface area contributed by atoms with E-state index in [0.29, 0.717) is 24.1 Å². The molecule has 0 radical (unpaired) electrons. The van der Waals surface area contributed by atoms with Gasteiger partial charge in [0.1, 0.15) is 19.3 Å². The number of rotatable bonds is 27. The zero-order chi connectivity index (χ0) is 27.8. The lowest BCUT2D eigenvalue weighted by atomic mass is 10.1. The molecule has 0 amide bonds. The van der Waals surface area contributed by atoms with Crippen LogP contribution in [0.2, 0.25) is 0 Å². The molecule has 0 aliphatic carbocycles. The number of nitrogens with zero attached hydrogens (tertiary/aromatic N) is 1. The number of phosphoric acid groups is 1. The van der Waals surface area contributed by atoms with Gasteiger partial charge in [0.2, 0.25) is 0 Å². The number of likely N-dealkylation sites (N-methyl/N-ethyl adjacent to an activating group) is 1. The summed E-state index contributed by atoms with van der Waals surface area (Å²) in [6.45, 7) is 5.53. The van der Waals surface area contributed by atoms with E-state index in [1.54, 1.807) is 0 Å². The van der Waals surface area contributed by atoms with Gasteiger partial charge in [0, 0.05) is 13.0 Å². The Labute approximate surface area is 228 Å². The third-order valence-electron chi connectivity index (χ3n) is 6.17. The maximum atomic E-state index is 12.4. The lowest BCUT2D eigenvalue weighted by Crippen LogP contribution is -2.37. The molecule has 2 atom stereocenters. The van der Waals surface area contributed by atoms with E-state index in [4.69, 9.17) is 18.5 Å². The first-order valence-electron chi connectivity index (χ1n) is 14.8. The van der Waals surface area contributed by atoms with Crippen LogP contribution in [0.3, 0.4) is 0 Å². The number of ether oxygens (including phenoxy) is 2. The molecule has 0 heterocycles. The minimum atomic E-state index is -4.24. The van der Waals surface area contributed by atoms with Gasteiger partial charge in [-0.05, 0) is 12.8 Å². The molecule has 0 spiro atoms. The molecule has 0 rings (SSSR count). The highest BCUT2D eigenvalue weighted by Crippen LogP contribution is 2.43. The number of quaternary nitrogens is 1. The number of carbonyl (C=O) groups excluding carboxylic acids is 1. The summed E-state index contributed by atoms with van der Waals surface area (Å²) in [4.78, 5) is 22.4. The number of unbranched alkanes of at least 4 members (excludes halogenated alkanes) is 13. The van der Waals surface area contributed by atoms with Crippen LogP contribution in [-0.4, -0.2) is 75.6 Å².